The Labute approximate surface area is 474 Å². The lowest BCUT2D eigenvalue weighted by atomic mass is 9.33. The maximum Gasteiger partial charge on any atom is 0.252 e. The molecule has 0 radical (unpaired) electrons. The summed E-state index contributed by atoms with van der Waals surface area (Å²) in [5, 5.41) is 2.69. The zero-order valence-electron chi connectivity index (χ0n) is 48.9. The minimum atomic E-state index is -0.250. The summed E-state index contributed by atoms with van der Waals surface area (Å²) in [7, 11) is 0. The van der Waals surface area contributed by atoms with Crippen LogP contribution in [0.3, 0.4) is 0 Å². The quantitative estimate of drug-likeness (QED) is 0.162. The summed E-state index contributed by atoms with van der Waals surface area (Å²) in [5.41, 5.74) is 30.0. The smallest absolute Gasteiger partial charge is 0.252 e. The van der Waals surface area contributed by atoms with Crippen molar-refractivity contribution in [1.82, 2.24) is 0 Å². The van der Waals surface area contributed by atoms with E-state index in [0.29, 0.717) is 0 Å². The van der Waals surface area contributed by atoms with Crippen molar-refractivity contribution in [3.8, 4) is 22.3 Å². The lowest BCUT2D eigenvalue weighted by molar-refractivity contribution is 0.332. The fourth-order valence-electron chi connectivity index (χ4n) is 15.1. The third-order valence-corrected chi connectivity index (χ3v) is 20.8. The highest BCUT2D eigenvalue weighted by atomic mass is 32.1. The summed E-state index contributed by atoms with van der Waals surface area (Å²) in [5.74, 6) is 0. The van der Waals surface area contributed by atoms with Gasteiger partial charge in [0.2, 0.25) is 0 Å². The van der Waals surface area contributed by atoms with Crippen LogP contribution in [0.1, 0.15) is 145 Å². The first-order valence-electron chi connectivity index (χ1n) is 29.0. The molecule has 0 amide bonds. The van der Waals surface area contributed by atoms with Crippen molar-refractivity contribution in [2.24, 2.45) is 0 Å². The van der Waals surface area contributed by atoms with Gasteiger partial charge < -0.3 is 9.80 Å². The van der Waals surface area contributed by atoms with Crippen molar-refractivity contribution >= 4 is 88.7 Å². The monoisotopic (exact) mass is 1040 g/mol. The Bertz CT molecular complexity index is 4210. The topological polar surface area (TPSA) is 6.48 Å². The molecule has 79 heavy (non-hydrogen) atoms. The van der Waals surface area contributed by atoms with Gasteiger partial charge in [-0.1, -0.05) is 191 Å². The third-order valence-electron chi connectivity index (χ3n) is 19.7. The average molecular weight is 1050 g/mol. The fraction of sp³-hybridized carbons (Fsp3) is 0.280. The van der Waals surface area contributed by atoms with Crippen LogP contribution in [0.2, 0.25) is 0 Å². The van der Waals surface area contributed by atoms with Gasteiger partial charge in [0.25, 0.3) is 6.71 Å². The second kappa shape index (κ2) is 16.9. The predicted octanol–water partition coefficient (Wildman–Crippen LogP) is 19.0. The molecular formula is C75H73BN2S. The van der Waals surface area contributed by atoms with E-state index in [9.17, 15) is 0 Å². The number of anilines is 6. The van der Waals surface area contributed by atoms with Crippen LogP contribution in [-0.4, -0.2) is 6.71 Å². The number of hydrogen-bond donors (Lipinski definition) is 0. The molecule has 0 saturated heterocycles. The standard InChI is InChI=1S/C75H73BN2S/c1-44-23-22-24-45(2)69(44)48-36-65-70-66(37-48)78(62-41-56-55(35-46(62)3)72(7,8)33-34-73(56,9)10)63-42-58-57(74(11,12)53-28-19-20-29-54(53)75(58,13)14)40-60(63)76(70)59-39-52-51-38-49(71(4,5)6)31-32-67(51)79-68(52)43-64(59)77(65)61-30-21-18-27-50(61)47-25-16-15-17-26-47/h15-32,35-43H,33-34H2,1-14H3. The molecule has 0 spiro atoms. The minimum Gasteiger partial charge on any atom is -0.311 e. The molecule has 10 aromatic rings. The maximum atomic E-state index is 2.76. The second-order valence-corrected chi connectivity index (χ2v) is 28.4. The van der Waals surface area contributed by atoms with Gasteiger partial charge in [0, 0.05) is 59.6 Å². The normalized spacial score (nSPS) is 17.0. The zero-order valence-corrected chi connectivity index (χ0v) is 49.7. The largest absolute Gasteiger partial charge is 0.311 e. The van der Waals surface area contributed by atoms with Gasteiger partial charge in [-0.2, -0.15) is 0 Å². The van der Waals surface area contributed by atoms with E-state index >= 15 is 0 Å². The summed E-state index contributed by atoms with van der Waals surface area (Å²) >= 11 is 1.94. The number of fused-ring (bicyclic) bond motifs is 10. The average Bonchev–Trinajstić information content (AvgIpc) is 3.48. The van der Waals surface area contributed by atoms with Gasteiger partial charge in [0.1, 0.15) is 0 Å². The highest BCUT2D eigenvalue weighted by Crippen LogP contribution is 2.56. The number of aryl methyl sites for hydroxylation is 3. The molecule has 4 aliphatic rings. The molecule has 0 atom stereocenters. The SMILES string of the molecule is Cc1cc2c(cc1N1c3cc4c(cc3B3c5cc6c(cc5N(c5ccccc5-c5ccccc5)c5cc(-c7c(C)cccc7C)cc1c53)sc1ccc(C(C)(C)C)cc16)C(C)(C)c1ccccc1C4(C)C)C(C)(C)CCC2(C)C. The molecule has 2 nitrogen and oxygen atoms in total. The fourth-order valence-corrected chi connectivity index (χ4v) is 16.2. The van der Waals surface area contributed by atoms with Gasteiger partial charge in [-0.05, 0) is 192 Å². The summed E-state index contributed by atoms with van der Waals surface area (Å²) in [6, 6.07) is 64.6. The van der Waals surface area contributed by atoms with Gasteiger partial charge in [-0.25, -0.2) is 0 Å². The molecule has 1 aromatic heterocycles. The molecule has 0 bridgehead atoms. The van der Waals surface area contributed by atoms with Crippen LogP contribution in [0.4, 0.5) is 34.1 Å². The van der Waals surface area contributed by atoms with Gasteiger partial charge in [-0.15, -0.1) is 11.3 Å². The number of thiophene rings is 1. The Hall–Kier alpha value is -7.14. The Morgan fingerprint density at radius 2 is 0.962 bits per heavy atom. The van der Waals surface area contributed by atoms with E-state index in [4.69, 9.17) is 0 Å². The molecule has 3 heterocycles. The van der Waals surface area contributed by atoms with Crippen molar-refractivity contribution in [1.29, 1.82) is 0 Å². The van der Waals surface area contributed by atoms with Crippen LogP contribution in [0.15, 0.2) is 164 Å². The van der Waals surface area contributed by atoms with E-state index in [1.54, 1.807) is 0 Å². The van der Waals surface area contributed by atoms with Crippen molar-refractivity contribution in [3.63, 3.8) is 0 Å². The minimum absolute atomic E-state index is 0.0119. The molecule has 9 aromatic carbocycles. The molecule has 2 aliphatic heterocycles. The van der Waals surface area contributed by atoms with E-state index < -0.39 is 0 Å². The lowest BCUT2D eigenvalue weighted by Crippen LogP contribution is -2.62. The van der Waals surface area contributed by atoms with E-state index in [2.05, 4.69) is 271 Å². The molecule has 2 aliphatic carbocycles. The summed E-state index contributed by atoms with van der Waals surface area (Å²) in [6.45, 7) is 33.8. The molecule has 4 heteroatoms. The molecule has 0 N–H and O–H groups in total. The number of rotatable bonds is 4. The van der Waals surface area contributed by atoms with Crippen molar-refractivity contribution < 1.29 is 0 Å². The first-order valence-corrected chi connectivity index (χ1v) is 29.8. The molecule has 392 valence electrons. The molecule has 14 rings (SSSR count). The summed E-state index contributed by atoms with van der Waals surface area (Å²) in [6.07, 6.45) is 2.32. The van der Waals surface area contributed by atoms with E-state index in [0.717, 1.165) is 6.42 Å². The van der Waals surface area contributed by atoms with Gasteiger partial charge >= 0.3 is 0 Å². The lowest BCUT2D eigenvalue weighted by Gasteiger charge is -2.49. The number of nitrogens with zero attached hydrogens (tertiary/aromatic N) is 2. The van der Waals surface area contributed by atoms with Gasteiger partial charge in [-0.3, -0.25) is 0 Å². The van der Waals surface area contributed by atoms with Gasteiger partial charge in [0.05, 0.1) is 5.69 Å². The Morgan fingerprint density at radius 3 is 1.62 bits per heavy atom. The Kier molecular flexibility index (Phi) is 10.7. The Morgan fingerprint density at radius 1 is 0.418 bits per heavy atom. The van der Waals surface area contributed by atoms with Crippen molar-refractivity contribution in [3.05, 3.63) is 219 Å². The first kappa shape index (κ1) is 50.1. The van der Waals surface area contributed by atoms with Crippen LogP contribution in [0.5, 0.6) is 0 Å². The van der Waals surface area contributed by atoms with E-state index in [1.165, 1.54) is 155 Å². The molecular weight excluding hydrogens is 972 g/mol. The highest BCUT2D eigenvalue weighted by Gasteiger charge is 2.49. The first-order chi connectivity index (χ1) is 37.5. The zero-order chi connectivity index (χ0) is 55.0. The van der Waals surface area contributed by atoms with Crippen molar-refractivity contribution in [2.45, 2.75) is 137 Å². The van der Waals surface area contributed by atoms with Crippen LogP contribution in [0.25, 0.3) is 42.4 Å². The van der Waals surface area contributed by atoms with E-state index in [1.807, 2.05) is 11.3 Å². The Balaban J connectivity index is 1.18. The van der Waals surface area contributed by atoms with Crippen LogP contribution >= 0.6 is 11.3 Å². The van der Waals surface area contributed by atoms with Gasteiger partial charge in [0.15, 0.2) is 0 Å². The van der Waals surface area contributed by atoms with Crippen molar-refractivity contribution in [2.75, 3.05) is 9.80 Å². The van der Waals surface area contributed by atoms with Crippen LogP contribution in [0, 0.1) is 20.8 Å². The number of para-hydroxylation sites is 1. The molecule has 0 unspecified atom stereocenters. The summed E-state index contributed by atoms with van der Waals surface area (Å²) < 4.78 is 2.65. The van der Waals surface area contributed by atoms with E-state index in [-0.39, 0.29) is 33.8 Å². The van der Waals surface area contributed by atoms with Crippen LogP contribution < -0.4 is 26.2 Å². The second-order valence-electron chi connectivity index (χ2n) is 27.4. The number of hydrogen-bond acceptors (Lipinski definition) is 3. The highest BCUT2D eigenvalue weighted by molar-refractivity contribution is 7.26. The molecule has 0 fully saturated rings. The predicted molar refractivity (Wildman–Crippen MR) is 343 cm³/mol. The molecule has 0 saturated carbocycles. The maximum absolute atomic E-state index is 2.76. The van der Waals surface area contributed by atoms with Crippen LogP contribution in [-0.2, 0) is 27.1 Å². The number of benzene rings is 9. The summed E-state index contributed by atoms with van der Waals surface area (Å²) in [4.78, 5) is 5.45. The third kappa shape index (κ3) is 7.28.